The molecule has 1 aliphatic carbocycles. The highest BCUT2D eigenvalue weighted by Gasteiger charge is 2.47. The Labute approximate surface area is 128 Å². The Morgan fingerprint density at radius 2 is 2.00 bits per heavy atom. The lowest BCUT2D eigenvalue weighted by molar-refractivity contribution is 0.0229. The number of rotatable bonds is 1. The highest BCUT2D eigenvalue weighted by Crippen LogP contribution is 2.55. The zero-order valence-corrected chi connectivity index (χ0v) is 13.4. The summed E-state index contributed by atoms with van der Waals surface area (Å²) in [4.78, 5) is 0. The third kappa shape index (κ3) is 2.40. The van der Waals surface area contributed by atoms with E-state index >= 15 is 0 Å². The summed E-state index contributed by atoms with van der Waals surface area (Å²) in [5, 5.41) is 4.56. The normalized spacial score (nSPS) is 38.0. The van der Waals surface area contributed by atoms with E-state index in [0.717, 1.165) is 23.4 Å². The zero-order chi connectivity index (χ0) is 14.2. The van der Waals surface area contributed by atoms with E-state index in [2.05, 4.69) is 37.4 Å². The van der Waals surface area contributed by atoms with E-state index in [0.29, 0.717) is 11.3 Å². The van der Waals surface area contributed by atoms with Crippen LogP contribution in [0.5, 0.6) is 0 Å². The molecule has 1 nitrogen and oxygen atoms in total. The maximum atomic E-state index is 6.51. The van der Waals surface area contributed by atoms with E-state index in [1.54, 1.807) is 0 Å². The minimum absolute atomic E-state index is 0.461. The molecule has 2 aliphatic rings. The first-order valence-electron chi connectivity index (χ1n) is 8.08. The van der Waals surface area contributed by atoms with Crippen LogP contribution < -0.4 is 5.32 Å². The van der Waals surface area contributed by atoms with Gasteiger partial charge >= 0.3 is 0 Å². The van der Waals surface area contributed by atoms with Crippen molar-refractivity contribution in [2.75, 3.05) is 13.1 Å². The van der Waals surface area contributed by atoms with Crippen LogP contribution in [0.25, 0.3) is 0 Å². The van der Waals surface area contributed by atoms with Crippen LogP contribution in [-0.4, -0.2) is 13.1 Å². The van der Waals surface area contributed by atoms with Crippen molar-refractivity contribution >= 4 is 11.6 Å². The van der Waals surface area contributed by atoms with Crippen molar-refractivity contribution in [3.63, 3.8) is 0 Å². The van der Waals surface area contributed by atoms with Gasteiger partial charge in [-0.05, 0) is 54.7 Å². The molecule has 4 unspecified atom stereocenters. The van der Waals surface area contributed by atoms with Crippen molar-refractivity contribution in [1.29, 1.82) is 0 Å². The molecule has 0 radical (unpaired) electrons. The summed E-state index contributed by atoms with van der Waals surface area (Å²) in [5.74, 6) is 2.26. The summed E-state index contributed by atoms with van der Waals surface area (Å²) in [7, 11) is 0. The molecule has 1 aliphatic heterocycles. The molecule has 20 heavy (non-hydrogen) atoms. The molecule has 1 heterocycles. The van der Waals surface area contributed by atoms with Gasteiger partial charge < -0.3 is 5.32 Å². The molecule has 2 fully saturated rings. The fourth-order valence-electron chi connectivity index (χ4n) is 4.73. The Morgan fingerprint density at radius 3 is 2.75 bits per heavy atom. The lowest BCUT2D eigenvalue weighted by Gasteiger charge is -2.53. The van der Waals surface area contributed by atoms with Gasteiger partial charge in [0.1, 0.15) is 0 Å². The van der Waals surface area contributed by atoms with E-state index in [1.165, 1.54) is 37.8 Å². The molecule has 110 valence electrons. The first kappa shape index (κ1) is 14.4. The Balaban J connectivity index is 1.97. The lowest BCUT2D eigenvalue weighted by Crippen LogP contribution is -2.49. The topological polar surface area (TPSA) is 12.0 Å². The molecule has 0 bridgehead atoms. The van der Waals surface area contributed by atoms with Crippen LogP contribution in [0.1, 0.15) is 51.0 Å². The molecule has 3 rings (SSSR count). The van der Waals surface area contributed by atoms with Gasteiger partial charge in [0.15, 0.2) is 0 Å². The van der Waals surface area contributed by atoms with E-state index in [1.807, 2.05) is 6.07 Å². The van der Waals surface area contributed by atoms with Gasteiger partial charge in [0, 0.05) is 17.5 Å². The number of piperidine rings is 1. The van der Waals surface area contributed by atoms with Crippen molar-refractivity contribution in [2.45, 2.75) is 45.4 Å². The maximum absolute atomic E-state index is 6.51. The van der Waals surface area contributed by atoms with Crippen LogP contribution >= 0.6 is 11.6 Å². The number of halogens is 1. The lowest BCUT2D eigenvalue weighted by atomic mass is 9.54. The summed E-state index contributed by atoms with van der Waals surface area (Å²) < 4.78 is 0. The van der Waals surface area contributed by atoms with Crippen LogP contribution in [0.15, 0.2) is 24.3 Å². The van der Waals surface area contributed by atoms with Crippen molar-refractivity contribution in [3.8, 4) is 0 Å². The smallest absolute Gasteiger partial charge is 0.0441 e. The van der Waals surface area contributed by atoms with Crippen LogP contribution in [0.4, 0.5) is 0 Å². The summed E-state index contributed by atoms with van der Waals surface area (Å²) in [6, 6.07) is 8.47. The maximum Gasteiger partial charge on any atom is 0.0441 e. The van der Waals surface area contributed by atoms with Gasteiger partial charge in [0.25, 0.3) is 0 Å². The minimum atomic E-state index is 0.461. The van der Waals surface area contributed by atoms with Gasteiger partial charge in [-0.2, -0.15) is 0 Å². The Morgan fingerprint density at radius 1 is 1.20 bits per heavy atom. The molecule has 2 heteroatoms. The monoisotopic (exact) mass is 291 g/mol. The predicted octanol–water partition coefficient (Wildman–Crippen LogP) is 4.86. The number of hydrogen-bond acceptors (Lipinski definition) is 1. The molecule has 1 saturated carbocycles. The average molecular weight is 292 g/mol. The van der Waals surface area contributed by atoms with Gasteiger partial charge in [0.05, 0.1) is 0 Å². The Hall–Kier alpha value is -0.530. The largest absolute Gasteiger partial charge is 0.316 e. The first-order valence-corrected chi connectivity index (χ1v) is 8.46. The summed E-state index contributed by atoms with van der Waals surface area (Å²) in [5.41, 5.74) is 1.82. The Kier molecular flexibility index (Phi) is 4.10. The molecule has 1 aromatic rings. The van der Waals surface area contributed by atoms with Crippen molar-refractivity contribution in [2.24, 2.45) is 17.3 Å². The Bertz CT molecular complexity index is 472. The van der Waals surface area contributed by atoms with Crippen LogP contribution in [0, 0.1) is 17.3 Å². The summed E-state index contributed by atoms with van der Waals surface area (Å²) in [6.45, 7) is 7.14. The van der Waals surface area contributed by atoms with E-state index in [-0.39, 0.29) is 0 Å². The van der Waals surface area contributed by atoms with Crippen molar-refractivity contribution in [1.82, 2.24) is 5.32 Å². The van der Waals surface area contributed by atoms with Gasteiger partial charge in [-0.15, -0.1) is 0 Å². The number of hydrogen-bond donors (Lipinski definition) is 1. The molecule has 1 N–H and O–H groups in total. The van der Waals surface area contributed by atoms with Gasteiger partial charge in [-0.25, -0.2) is 0 Å². The quantitative estimate of drug-likeness (QED) is 0.779. The second-order valence-electron chi connectivity index (χ2n) is 7.04. The van der Waals surface area contributed by atoms with Gasteiger partial charge in [-0.3, -0.25) is 0 Å². The molecule has 1 spiro atoms. The zero-order valence-electron chi connectivity index (χ0n) is 12.7. The SMILES string of the molecule is CC1CCC2(CCNCC2c2ccccc2Cl)C(C)C1. The molecule has 0 aromatic heterocycles. The molecule has 0 amide bonds. The van der Waals surface area contributed by atoms with Crippen molar-refractivity contribution < 1.29 is 0 Å². The summed E-state index contributed by atoms with van der Waals surface area (Å²) >= 11 is 6.51. The van der Waals surface area contributed by atoms with Crippen molar-refractivity contribution in [3.05, 3.63) is 34.9 Å². The predicted molar refractivity (Wildman–Crippen MR) is 86.3 cm³/mol. The third-order valence-electron chi connectivity index (χ3n) is 5.93. The van der Waals surface area contributed by atoms with Gasteiger partial charge in [0.2, 0.25) is 0 Å². The number of nitrogens with one attached hydrogen (secondary N) is 1. The van der Waals surface area contributed by atoms with E-state index < -0.39 is 0 Å². The average Bonchev–Trinajstić information content (AvgIpc) is 2.45. The molecule has 1 aromatic carbocycles. The molecule has 4 atom stereocenters. The molecular weight excluding hydrogens is 266 g/mol. The van der Waals surface area contributed by atoms with Crippen LogP contribution in [0.3, 0.4) is 0 Å². The number of benzene rings is 1. The van der Waals surface area contributed by atoms with E-state index in [9.17, 15) is 0 Å². The second kappa shape index (κ2) is 5.69. The van der Waals surface area contributed by atoms with Crippen LogP contribution in [-0.2, 0) is 0 Å². The second-order valence-corrected chi connectivity index (χ2v) is 7.45. The fraction of sp³-hybridized carbons (Fsp3) is 0.667. The van der Waals surface area contributed by atoms with Gasteiger partial charge in [-0.1, -0.05) is 50.1 Å². The van der Waals surface area contributed by atoms with Crippen LogP contribution in [0.2, 0.25) is 5.02 Å². The minimum Gasteiger partial charge on any atom is -0.316 e. The third-order valence-corrected chi connectivity index (χ3v) is 6.27. The highest BCUT2D eigenvalue weighted by atomic mass is 35.5. The molecular formula is C18H26ClN. The van der Waals surface area contributed by atoms with E-state index in [4.69, 9.17) is 11.6 Å². The fourth-order valence-corrected chi connectivity index (χ4v) is 5.00. The summed E-state index contributed by atoms with van der Waals surface area (Å²) in [6.07, 6.45) is 5.43. The first-order chi connectivity index (χ1) is 9.63. The highest BCUT2D eigenvalue weighted by molar-refractivity contribution is 6.31. The molecule has 1 saturated heterocycles. The standard InChI is InChI=1S/C18H26ClN/c1-13-7-8-18(14(2)11-13)9-10-20-12-16(18)15-5-3-4-6-17(15)19/h3-6,13-14,16,20H,7-12H2,1-2H3.